The molecule has 0 aromatic carbocycles. The van der Waals surface area contributed by atoms with Gasteiger partial charge in [0.15, 0.2) is 5.96 Å². The smallest absolute Gasteiger partial charge is 0.191 e. The topological polar surface area (TPSA) is 75.3 Å². The highest BCUT2D eigenvalue weighted by Crippen LogP contribution is 2.16. The van der Waals surface area contributed by atoms with Crippen molar-refractivity contribution < 1.29 is 4.52 Å². The summed E-state index contributed by atoms with van der Waals surface area (Å²) >= 11 is 1.71. The molecule has 2 heterocycles. The second-order valence-electron chi connectivity index (χ2n) is 4.28. The number of aryl methyl sites for hydroxylation is 2. The first kappa shape index (κ1) is 14.5. The van der Waals surface area contributed by atoms with E-state index in [2.05, 4.69) is 25.8 Å². The molecule has 2 N–H and O–H groups in total. The molecule has 6 nitrogen and oxygen atoms in total. The molecule has 0 atom stereocenters. The van der Waals surface area contributed by atoms with Gasteiger partial charge in [0.1, 0.15) is 12.0 Å². The Morgan fingerprint density at radius 2 is 2.25 bits per heavy atom. The second-order valence-corrected chi connectivity index (χ2v) is 5.57. The van der Waals surface area contributed by atoms with E-state index in [1.807, 2.05) is 26.8 Å². The molecule has 0 saturated heterocycles. The summed E-state index contributed by atoms with van der Waals surface area (Å²) in [7, 11) is 0. The summed E-state index contributed by atoms with van der Waals surface area (Å²) in [5, 5.41) is 11.4. The van der Waals surface area contributed by atoms with E-state index in [0.717, 1.165) is 35.4 Å². The van der Waals surface area contributed by atoms with E-state index in [1.54, 1.807) is 17.6 Å². The zero-order chi connectivity index (χ0) is 14.4. The molecule has 0 aliphatic carbocycles. The maximum absolute atomic E-state index is 4.79. The molecule has 0 fully saturated rings. The van der Waals surface area contributed by atoms with Gasteiger partial charge in [-0.2, -0.15) is 0 Å². The fraction of sp³-hybridized carbons (Fsp3) is 0.462. The van der Waals surface area contributed by atoms with E-state index < -0.39 is 0 Å². The molecule has 2 aromatic heterocycles. The van der Waals surface area contributed by atoms with Crippen molar-refractivity contribution in [2.24, 2.45) is 4.99 Å². The number of aliphatic imine (C=N–C) groups is 1. The first-order valence-corrected chi connectivity index (χ1v) is 7.35. The van der Waals surface area contributed by atoms with Crippen LogP contribution in [0.15, 0.2) is 21.8 Å². The Balaban J connectivity index is 1.95. The number of nitrogens with one attached hydrogen (secondary N) is 2. The van der Waals surface area contributed by atoms with Crippen molar-refractivity contribution in [2.45, 2.75) is 33.9 Å². The molecule has 0 unspecified atom stereocenters. The highest BCUT2D eigenvalue weighted by atomic mass is 32.1. The van der Waals surface area contributed by atoms with Gasteiger partial charge in [-0.3, -0.25) is 0 Å². The fourth-order valence-electron chi connectivity index (χ4n) is 1.72. The molecule has 0 aliphatic rings. The molecule has 0 radical (unpaired) electrons. The van der Waals surface area contributed by atoms with Crippen LogP contribution < -0.4 is 10.6 Å². The third-order valence-corrected chi connectivity index (χ3v) is 3.72. The molecule has 0 aliphatic heterocycles. The zero-order valence-corrected chi connectivity index (χ0v) is 12.8. The van der Waals surface area contributed by atoms with Gasteiger partial charge >= 0.3 is 0 Å². The molecular weight excluding hydrogens is 274 g/mol. The van der Waals surface area contributed by atoms with Crippen molar-refractivity contribution in [3.8, 4) is 0 Å². The maximum Gasteiger partial charge on any atom is 0.191 e. The van der Waals surface area contributed by atoms with E-state index in [0.29, 0.717) is 6.54 Å². The average Bonchev–Trinajstić information content (AvgIpc) is 3.03. The molecule has 2 rings (SSSR count). The maximum atomic E-state index is 4.79. The van der Waals surface area contributed by atoms with Crippen LogP contribution in [0.3, 0.4) is 0 Å². The van der Waals surface area contributed by atoms with E-state index in [9.17, 15) is 0 Å². The van der Waals surface area contributed by atoms with Crippen LogP contribution in [-0.2, 0) is 13.1 Å². The third-order valence-electron chi connectivity index (χ3n) is 2.65. The number of thiazole rings is 1. The summed E-state index contributed by atoms with van der Waals surface area (Å²) in [6.45, 7) is 8.11. The van der Waals surface area contributed by atoms with Gasteiger partial charge in [-0.25, -0.2) is 9.98 Å². The number of aromatic nitrogens is 2. The largest absolute Gasteiger partial charge is 0.364 e. The van der Waals surface area contributed by atoms with Crippen LogP contribution in [0.25, 0.3) is 0 Å². The summed E-state index contributed by atoms with van der Waals surface area (Å²) in [5.74, 6) is 0.765. The van der Waals surface area contributed by atoms with Gasteiger partial charge < -0.3 is 15.2 Å². The number of guanidine groups is 1. The van der Waals surface area contributed by atoms with Crippen molar-refractivity contribution in [3.05, 3.63) is 33.6 Å². The van der Waals surface area contributed by atoms with Crippen molar-refractivity contribution in [3.63, 3.8) is 0 Å². The average molecular weight is 293 g/mol. The molecule has 2 aromatic rings. The van der Waals surface area contributed by atoms with Gasteiger partial charge in [0.25, 0.3) is 0 Å². The highest BCUT2D eigenvalue weighted by Gasteiger charge is 2.06. The number of rotatable bonds is 5. The minimum absolute atomic E-state index is 0.493. The third kappa shape index (κ3) is 4.06. The number of hydrogen-bond acceptors (Lipinski definition) is 5. The summed E-state index contributed by atoms with van der Waals surface area (Å²) in [5.41, 5.74) is 1.89. The fourth-order valence-corrected chi connectivity index (χ4v) is 2.60. The molecule has 0 amide bonds. The quantitative estimate of drug-likeness (QED) is 0.651. The van der Waals surface area contributed by atoms with Crippen LogP contribution in [0.5, 0.6) is 0 Å². The van der Waals surface area contributed by atoms with Crippen LogP contribution in [0.4, 0.5) is 0 Å². The summed E-state index contributed by atoms with van der Waals surface area (Å²) in [6.07, 6.45) is 1.55. The zero-order valence-electron chi connectivity index (χ0n) is 11.9. The Hall–Kier alpha value is -1.89. The Bertz CT molecular complexity index is 561. The van der Waals surface area contributed by atoms with Gasteiger partial charge in [-0.05, 0) is 20.8 Å². The normalized spacial score (nSPS) is 11.7. The van der Waals surface area contributed by atoms with Crippen molar-refractivity contribution in [2.75, 3.05) is 6.54 Å². The SMILES string of the molecule is CCNC(=NCc1ccon1)NCc1sc(C)nc1C. The lowest BCUT2D eigenvalue weighted by molar-refractivity contribution is 0.412. The van der Waals surface area contributed by atoms with Crippen molar-refractivity contribution >= 4 is 17.3 Å². The van der Waals surface area contributed by atoms with E-state index >= 15 is 0 Å². The summed E-state index contributed by atoms with van der Waals surface area (Å²) in [4.78, 5) is 10.1. The molecule has 0 bridgehead atoms. The van der Waals surface area contributed by atoms with Crippen LogP contribution in [0, 0.1) is 13.8 Å². The van der Waals surface area contributed by atoms with Gasteiger partial charge in [-0.1, -0.05) is 5.16 Å². The minimum atomic E-state index is 0.493. The number of nitrogens with zero attached hydrogens (tertiary/aromatic N) is 3. The summed E-state index contributed by atoms with van der Waals surface area (Å²) < 4.78 is 4.79. The van der Waals surface area contributed by atoms with Gasteiger partial charge in [0.2, 0.25) is 0 Å². The van der Waals surface area contributed by atoms with Gasteiger partial charge in [-0.15, -0.1) is 11.3 Å². The molecular formula is C13H19N5OS. The van der Waals surface area contributed by atoms with E-state index in [4.69, 9.17) is 4.52 Å². The lowest BCUT2D eigenvalue weighted by atomic mass is 10.4. The Kier molecular flexibility index (Phi) is 5.11. The van der Waals surface area contributed by atoms with Crippen LogP contribution in [0.1, 0.15) is 28.2 Å². The Morgan fingerprint density at radius 1 is 1.40 bits per heavy atom. The number of hydrogen-bond donors (Lipinski definition) is 2. The van der Waals surface area contributed by atoms with Crippen LogP contribution >= 0.6 is 11.3 Å². The molecule has 0 saturated carbocycles. The molecule has 0 spiro atoms. The minimum Gasteiger partial charge on any atom is -0.364 e. The summed E-state index contributed by atoms with van der Waals surface area (Å²) in [6, 6.07) is 1.81. The van der Waals surface area contributed by atoms with Crippen LogP contribution in [-0.4, -0.2) is 22.6 Å². The van der Waals surface area contributed by atoms with Gasteiger partial charge in [0.05, 0.1) is 23.8 Å². The first-order chi connectivity index (χ1) is 9.69. The first-order valence-electron chi connectivity index (χ1n) is 6.53. The molecule has 7 heteroatoms. The Morgan fingerprint density at radius 3 is 2.85 bits per heavy atom. The predicted molar refractivity (Wildman–Crippen MR) is 79.7 cm³/mol. The lowest BCUT2D eigenvalue weighted by Crippen LogP contribution is -2.36. The standard InChI is InChI=1S/C13H19N5OS/c1-4-14-13(15-7-11-5-6-19-18-11)16-8-12-9(2)17-10(3)20-12/h5-6H,4,7-8H2,1-3H3,(H2,14,15,16). The van der Waals surface area contributed by atoms with E-state index in [1.165, 1.54) is 4.88 Å². The van der Waals surface area contributed by atoms with Gasteiger partial charge in [0, 0.05) is 17.5 Å². The molecule has 108 valence electrons. The van der Waals surface area contributed by atoms with Crippen molar-refractivity contribution in [1.82, 2.24) is 20.8 Å². The lowest BCUT2D eigenvalue weighted by Gasteiger charge is -2.10. The van der Waals surface area contributed by atoms with Crippen molar-refractivity contribution in [1.29, 1.82) is 0 Å². The monoisotopic (exact) mass is 293 g/mol. The van der Waals surface area contributed by atoms with E-state index in [-0.39, 0.29) is 0 Å². The Labute approximate surface area is 122 Å². The highest BCUT2D eigenvalue weighted by molar-refractivity contribution is 7.11. The predicted octanol–water partition coefficient (Wildman–Crippen LogP) is 2.00. The second kappa shape index (κ2) is 7.04. The molecule has 20 heavy (non-hydrogen) atoms. The van der Waals surface area contributed by atoms with Crippen LogP contribution in [0.2, 0.25) is 0 Å².